The third-order valence-electron chi connectivity index (χ3n) is 6.92. The summed E-state index contributed by atoms with van der Waals surface area (Å²) >= 11 is 0. The van der Waals surface area contributed by atoms with Crippen LogP contribution in [0.1, 0.15) is 30.4 Å². The number of nitrogens with zero attached hydrogens (tertiary/aromatic N) is 1. The smallest absolute Gasteiger partial charge is 0.121 e. The lowest BCUT2D eigenvalue weighted by molar-refractivity contribution is -0.946. The molecule has 0 aliphatic carbocycles. The second kappa shape index (κ2) is 7.43. The van der Waals surface area contributed by atoms with Gasteiger partial charge in [-0.3, -0.25) is 0 Å². The van der Waals surface area contributed by atoms with Gasteiger partial charge in [0.15, 0.2) is 0 Å². The highest BCUT2D eigenvalue weighted by Crippen LogP contribution is 2.57. The van der Waals surface area contributed by atoms with E-state index in [0.717, 1.165) is 61.1 Å². The molecule has 5 rings (SSSR count). The Bertz CT molecular complexity index is 655. The minimum absolute atomic E-state index is 0. The van der Waals surface area contributed by atoms with Crippen molar-refractivity contribution in [1.29, 1.82) is 0 Å². The van der Waals surface area contributed by atoms with Crippen LogP contribution in [-0.4, -0.2) is 47.5 Å². The molecular weight excluding hydrogens is 390 g/mol. The van der Waals surface area contributed by atoms with Crippen molar-refractivity contribution in [2.45, 2.75) is 24.9 Å². The predicted molar refractivity (Wildman–Crippen MR) is 99.0 cm³/mol. The number of aliphatic hydroxyl groups excluding tert-OH is 1. The summed E-state index contributed by atoms with van der Waals surface area (Å²) in [5.41, 5.74) is 0.937. The van der Waals surface area contributed by atoms with Gasteiger partial charge in [0.25, 0.3) is 0 Å². The minimum Gasteiger partial charge on any atom is -1.00 e. The molecule has 0 saturated carbocycles. The zero-order chi connectivity index (χ0) is 17.4. The summed E-state index contributed by atoms with van der Waals surface area (Å²) in [7, 11) is 0. The van der Waals surface area contributed by atoms with Crippen LogP contribution in [0.5, 0.6) is 0 Å². The molecule has 3 aliphatic heterocycles. The number of rotatable bonds is 5. The molecule has 2 aromatic carbocycles. The molecule has 4 heteroatoms. The minimum atomic E-state index is -0.953. The Morgan fingerprint density at radius 2 is 1.23 bits per heavy atom. The number of fused-ring (bicyclic) bond motifs is 3. The molecule has 0 unspecified atom stereocenters. The Morgan fingerprint density at radius 1 is 0.808 bits per heavy atom. The summed E-state index contributed by atoms with van der Waals surface area (Å²) in [6.45, 7) is 4.29. The molecule has 3 saturated heterocycles. The van der Waals surface area contributed by atoms with Crippen LogP contribution in [0.15, 0.2) is 60.7 Å². The zero-order valence-corrected chi connectivity index (χ0v) is 16.7. The lowest BCUT2D eigenvalue weighted by Crippen LogP contribution is -3.00. The summed E-state index contributed by atoms with van der Waals surface area (Å²) in [4.78, 5) is 0. The van der Waals surface area contributed by atoms with Crippen molar-refractivity contribution in [2.24, 2.45) is 5.41 Å². The number of benzene rings is 2. The van der Waals surface area contributed by atoms with Gasteiger partial charge in [-0.25, -0.2) is 0 Å². The van der Waals surface area contributed by atoms with Crippen LogP contribution >= 0.6 is 0 Å². The second-order valence-corrected chi connectivity index (χ2v) is 7.93. The van der Waals surface area contributed by atoms with Crippen molar-refractivity contribution in [2.75, 3.05) is 32.8 Å². The lowest BCUT2D eigenvalue weighted by atomic mass is 9.56. The van der Waals surface area contributed by atoms with E-state index >= 15 is 0 Å². The maximum atomic E-state index is 12.2. The van der Waals surface area contributed by atoms with Gasteiger partial charge in [0.05, 0.1) is 26.2 Å². The van der Waals surface area contributed by atoms with Gasteiger partial charge in [-0.2, -0.15) is 0 Å². The fourth-order valence-electron chi connectivity index (χ4n) is 5.29. The van der Waals surface area contributed by atoms with E-state index in [1.165, 1.54) is 0 Å². The van der Waals surface area contributed by atoms with Crippen molar-refractivity contribution in [1.82, 2.24) is 0 Å². The Morgan fingerprint density at radius 3 is 1.62 bits per heavy atom. The van der Waals surface area contributed by atoms with Gasteiger partial charge in [-0.05, 0) is 11.1 Å². The highest BCUT2D eigenvalue weighted by Gasteiger charge is 2.60. The van der Waals surface area contributed by atoms with Crippen LogP contribution in [0, 0.1) is 5.41 Å². The number of halogens is 1. The van der Waals surface area contributed by atoms with Gasteiger partial charge >= 0.3 is 0 Å². The summed E-state index contributed by atoms with van der Waals surface area (Å²) in [6.07, 6.45) is 3.02. The average Bonchev–Trinajstić information content (AvgIpc) is 2.70. The molecule has 2 bridgehead atoms. The quantitative estimate of drug-likeness (QED) is 0.668. The molecule has 3 aliphatic rings. The zero-order valence-electron chi connectivity index (χ0n) is 15.1. The maximum Gasteiger partial charge on any atom is 0.121 e. The normalized spacial score (nSPS) is 27.8. The lowest BCUT2D eigenvalue weighted by Gasteiger charge is -2.60. The molecule has 3 nitrogen and oxygen atoms in total. The van der Waals surface area contributed by atoms with Crippen LogP contribution in [0.3, 0.4) is 0 Å². The number of hydrogen-bond acceptors (Lipinski definition) is 2. The monoisotopic (exact) mass is 417 g/mol. The number of hydrogen-bond donors (Lipinski definition) is 2. The van der Waals surface area contributed by atoms with Crippen molar-refractivity contribution >= 4 is 0 Å². The average molecular weight is 418 g/mol. The van der Waals surface area contributed by atoms with Crippen LogP contribution in [-0.2, 0) is 5.60 Å². The van der Waals surface area contributed by atoms with Gasteiger partial charge in [0.2, 0.25) is 0 Å². The predicted octanol–water partition coefficient (Wildman–Crippen LogP) is -0.0805. The first-order chi connectivity index (χ1) is 12.1. The van der Waals surface area contributed by atoms with E-state index in [2.05, 4.69) is 24.3 Å². The van der Waals surface area contributed by atoms with Crippen molar-refractivity contribution in [3.8, 4) is 0 Å². The molecule has 140 valence electrons. The summed E-state index contributed by atoms with van der Waals surface area (Å²) in [5.74, 6) is 0. The van der Waals surface area contributed by atoms with Crippen molar-refractivity contribution in [3.05, 3.63) is 71.8 Å². The summed E-state index contributed by atoms with van der Waals surface area (Å²) in [5, 5.41) is 21.7. The van der Waals surface area contributed by atoms with E-state index < -0.39 is 5.60 Å². The highest BCUT2D eigenvalue weighted by molar-refractivity contribution is 5.39. The molecule has 2 N–H and O–H groups in total. The molecule has 2 aromatic rings. The first-order valence-electron chi connectivity index (χ1n) is 9.44. The topological polar surface area (TPSA) is 40.5 Å². The Kier molecular flexibility index (Phi) is 5.59. The molecule has 0 aromatic heterocycles. The SMILES string of the molecule is OCC[N+]12CCC(C(O)(c3ccccc3)c3ccccc3)(CC1)CC2.[Br-]. The standard InChI is InChI=1S/C22H28NO2.BrH/c24-18-17-23-14-11-21(12-15-23,13-16-23)22(25,19-7-3-1-4-8-19)20-9-5-2-6-10-20;/h1-10,24-25H,11-18H2;1H/q+1;/p-1. The van der Waals surface area contributed by atoms with E-state index in [1.807, 2.05) is 36.4 Å². The molecule has 3 heterocycles. The van der Waals surface area contributed by atoms with Gasteiger partial charge in [-0.1, -0.05) is 60.7 Å². The highest BCUT2D eigenvalue weighted by atomic mass is 79.9. The number of quaternary nitrogens is 1. The van der Waals surface area contributed by atoms with Gasteiger partial charge in [0.1, 0.15) is 12.1 Å². The van der Waals surface area contributed by atoms with E-state index in [4.69, 9.17) is 0 Å². The molecule has 0 amide bonds. The summed E-state index contributed by atoms with van der Waals surface area (Å²) in [6, 6.07) is 20.4. The fourth-order valence-corrected chi connectivity index (χ4v) is 5.29. The van der Waals surface area contributed by atoms with Crippen LogP contribution in [0.2, 0.25) is 0 Å². The van der Waals surface area contributed by atoms with Crippen LogP contribution in [0.4, 0.5) is 0 Å². The Hall–Kier alpha value is -1.20. The molecular formula is C22H28BrNO2. The van der Waals surface area contributed by atoms with Crippen LogP contribution < -0.4 is 17.0 Å². The molecule has 0 radical (unpaired) electrons. The number of piperidine rings is 3. The molecule has 0 spiro atoms. The largest absolute Gasteiger partial charge is 1.00 e. The van der Waals surface area contributed by atoms with E-state index in [1.54, 1.807) is 0 Å². The second-order valence-electron chi connectivity index (χ2n) is 7.93. The van der Waals surface area contributed by atoms with Gasteiger partial charge in [-0.15, -0.1) is 0 Å². The Labute approximate surface area is 166 Å². The van der Waals surface area contributed by atoms with Gasteiger partial charge < -0.3 is 31.7 Å². The first kappa shape index (κ1) is 19.6. The third kappa shape index (κ3) is 2.93. The molecule has 26 heavy (non-hydrogen) atoms. The van der Waals surface area contributed by atoms with Crippen LogP contribution in [0.25, 0.3) is 0 Å². The Balaban J connectivity index is 0.00000196. The third-order valence-corrected chi connectivity index (χ3v) is 6.92. The molecule has 0 atom stereocenters. The van der Waals surface area contributed by atoms with Crippen molar-refractivity contribution in [3.63, 3.8) is 0 Å². The van der Waals surface area contributed by atoms with E-state index in [0.29, 0.717) is 0 Å². The van der Waals surface area contributed by atoms with E-state index in [9.17, 15) is 10.2 Å². The number of aliphatic hydroxyl groups is 2. The summed E-state index contributed by atoms with van der Waals surface area (Å²) < 4.78 is 1.03. The maximum absolute atomic E-state index is 12.2. The fraction of sp³-hybridized carbons (Fsp3) is 0.455. The molecule has 3 fully saturated rings. The van der Waals surface area contributed by atoms with E-state index in [-0.39, 0.29) is 29.0 Å². The van der Waals surface area contributed by atoms with Crippen molar-refractivity contribution < 1.29 is 31.7 Å². The first-order valence-corrected chi connectivity index (χ1v) is 9.44. The van der Waals surface area contributed by atoms with Gasteiger partial charge in [0, 0.05) is 24.7 Å².